The molecule has 2 aromatic carbocycles. The minimum Gasteiger partial charge on any atom is -0.481 e. The van der Waals surface area contributed by atoms with Crippen molar-refractivity contribution in [2.75, 3.05) is 0 Å². The Bertz CT molecular complexity index is 1070. The van der Waals surface area contributed by atoms with E-state index < -0.39 is 5.97 Å². The zero-order valence-electron chi connectivity index (χ0n) is 16.1. The van der Waals surface area contributed by atoms with Crippen molar-refractivity contribution in [3.8, 4) is 0 Å². The highest BCUT2D eigenvalue weighted by Crippen LogP contribution is 2.23. The molecule has 7 heteroatoms. The zero-order valence-corrected chi connectivity index (χ0v) is 18.4. The number of rotatable bonds is 7. The van der Waals surface area contributed by atoms with Crippen LogP contribution in [0.25, 0.3) is 0 Å². The lowest BCUT2D eigenvalue weighted by molar-refractivity contribution is -0.136. The first-order chi connectivity index (χ1) is 13.7. The molecule has 1 N–H and O–H groups in total. The van der Waals surface area contributed by atoms with Crippen molar-refractivity contribution in [1.82, 2.24) is 9.78 Å². The predicted octanol–water partition coefficient (Wildman–Crippen LogP) is 5.02. The summed E-state index contributed by atoms with van der Waals surface area (Å²) in [6.07, 6.45) is 0.238. The normalized spacial score (nSPS) is 10.9. The number of carbonyl (C=O) groups excluding carboxylic acids is 1. The molecule has 5 nitrogen and oxygen atoms in total. The molecule has 0 saturated carbocycles. The van der Waals surface area contributed by atoms with Crippen LogP contribution in [0.3, 0.4) is 0 Å². The summed E-state index contributed by atoms with van der Waals surface area (Å²) in [6.45, 7) is 4.25. The summed E-state index contributed by atoms with van der Waals surface area (Å²) < 4.78 is 2.65. The molecule has 0 radical (unpaired) electrons. The van der Waals surface area contributed by atoms with Gasteiger partial charge in [0.2, 0.25) is 0 Å². The summed E-state index contributed by atoms with van der Waals surface area (Å²) in [4.78, 5) is 23.6. The van der Waals surface area contributed by atoms with Gasteiger partial charge in [0.05, 0.1) is 23.7 Å². The summed E-state index contributed by atoms with van der Waals surface area (Å²) in [5.74, 6) is -0.900. The highest BCUT2D eigenvalue weighted by molar-refractivity contribution is 9.10. The van der Waals surface area contributed by atoms with Crippen LogP contribution in [0.5, 0.6) is 0 Å². The first kappa shape index (κ1) is 21.3. The Hall–Kier alpha value is -2.44. The Morgan fingerprint density at radius 1 is 1.07 bits per heavy atom. The molecule has 1 aromatic heterocycles. The van der Waals surface area contributed by atoms with Crippen LogP contribution < -0.4 is 0 Å². The van der Waals surface area contributed by atoms with Crippen LogP contribution in [-0.4, -0.2) is 26.6 Å². The molecule has 0 atom stereocenters. The number of hydrogen-bond donors (Lipinski definition) is 1. The van der Waals surface area contributed by atoms with E-state index in [9.17, 15) is 9.59 Å². The average Bonchev–Trinajstić information content (AvgIpc) is 2.90. The number of nitrogens with zero attached hydrogens (tertiary/aromatic N) is 2. The Morgan fingerprint density at radius 3 is 2.34 bits per heavy atom. The monoisotopic (exact) mass is 474 g/mol. The van der Waals surface area contributed by atoms with E-state index in [0.717, 1.165) is 32.6 Å². The maximum Gasteiger partial charge on any atom is 0.307 e. The molecule has 0 amide bonds. The number of carbonyl (C=O) groups is 2. The number of Topliss-reactive ketones (excluding diaryl/α,β-unsaturated/α-hetero) is 1. The van der Waals surface area contributed by atoms with E-state index in [0.29, 0.717) is 17.1 Å². The second-order valence-electron chi connectivity index (χ2n) is 6.92. The number of carboxylic acid groups (broad SMARTS) is 1. The molecule has 0 unspecified atom stereocenters. The summed E-state index contributed by atoms with van der Waals surface area (Å²) in [7, 11) is 0. The number of halogens is 2. The van der Waals surface area contributed by atoms with Crippen molar-refractivity contribution in [2.45, 2.75) is 33.2 Å². The van der Waals surface area contributed by atoms with Crippen LogP contribution in [0.1, 0.15) is 38.4 Å². The third-order valence-corrected chi connectivity index (χ3v) is 5.62. The van der Waals surface area contributed by atoms with E-state index in [1.807, 2.05) is 42.8 Å². The van der Waals surface area contributed by atoms with Crippen LogP contribution in [-0.2, 0) is 24.2 Å². The maximum atomic E-state index is 12.5. The molecule has 1 heterocycles. The van der Waals surface area contributed by atoms with E-state index in [2.05, 4.69) is 21.0 Å². The number of ketones is 1. The number of aromatic nitrogens is 2. The maximum absolute atomic E-state index is 12.5. The third-order valence-electron chi connectivity index (χ3n) is 4.81. The number of aryl methyl sites for hydroxylation is 1. The van der Waals surface area contributed by atoms with E-state index in [-0.39, 0.29) is 18.6 Å². The van der Waals surface area contributed by atoms with Gasteiger partial charge in [-0.15, -0.1) is 0 Å². The van der Waals surface area contributed by atoms with Crippen molar-refractivity contribution >= 4 is 39.3 Å². The SMILES string of the molecule is Cc1nn(Cc2ccc(CC(=O)c3ccc(Br)cc3Cl)cc2)c(C)c1CC(=O)O. The molecule has 0 aliphatic carbocycles. The molecule has 0 aliphatic heterocycles. The summed E-state index contributed by atoms with van der Waals surface area (Å²) >= 11 is 9.51. The third kappa shape index (κ3) is 5.14. The second-order valence-corrected chi connectivity index (χ2v) is 8.24. The second kappa shape index (κ2) is 8.93. The van der Waals surface area contributed by atoms with Crippen LogP contribution >= 0.6 is 27.5 Å². The molecule has 29 heavy (non-hydrogen) atoms. The fraction of sp³-hybridized carbons (Fsp3) is 0.227. The van der Waals surface area contributed by atoms with Crippen LogP contribution in [0.2, 0.25) is 5.02 Å². The van der Waals surface area contributed by atoms with Gasteiger partial charge in [-0.3, -0.25) is 14.3 Å². The lowest BCUT2D eigenvalue weighted by atomic mass is 10.0. The first-order valence-electron chi connectivity index (χ1n) is 9.05. The van der Waals surface area contributed by atoms with Gasteiger partial charge in [-0.1, -0.05) is 51.8 Å². The molecule has 0 saturated heterocycles. The van der Waals surface area contributed by atoms with Gasteiger partial charge in [-0.25, -0.2) is 0 Å². The summed E-state index contributed by atoms with van der Waals surface area (Å²) in [5.41, 5.74) is 4.78. The lowest BCUT2D eigenvalue weighted by Crippen LogP contribution is -2.07. The van der Waals surface area contributed by atoms with Gasteiger partial charge in [0, 0.05) is 27.7 Å². The van der Waals surface area contributed by atoms with Gasteiger partial charge >= 0.3 is 5.97 Å². The highest BCUT2D eigenvalue weighted by atomic mass is 79.9. The molecular weight excluding hydrogens is 456 g/mol. The molecule has 3 rings (SSSR count). The highest BCUT2D eigenvalue weighted by Gasteiger charge is 2.15. The van der Waals surface area contributed by atoms with Gasteiger partial charge in [0.25, 0.3) is 0 Å². The molecule has 150 valence electrons. The molecule has 3 aromatic rings. The number of hydrogen-bond acceptors (Lipinski definition) is 3. The van der Waals surface area contributed by atoms with Gasteiger partial charge < -0.3 is 5.11 Å². The van der Waals surface area contributed by atoms with E-state index in [1.54, 1.807) is 18.2 Å². The van der Waals surface area contributed by atoms with Crippen molar-refractivity contribution in [1.29, 1.82) is 0 Å². The van der Waals surface area contributed by atoms with Crippen molar-refractivity contribution in [3.63, 3.8) is 0 Å². The fourth-order valence-electron chi connectivity index (χ4n) is 3.23. The quantitative estimate of drug-likeness (QED) is 0.487. The Labute approximate surface area is 182 Å². The topological polar surface area (TPSA) is 72.2 Å². The van der Waals surface area contributed by atoms with Crippen molar-refractivity contribution < 1.29 is 14.7 Å². The largest absolute Gasteiger partial charge is 0.481 e. The minimum absolute atomic E-state index is 0.0304. The predicted molar refractivity (Wildman–Crippen MR) is 116 cm³/mol. The fourth-order valence-corrected chi connectivity index (χ4v) is 4.01. The lowest BCUT2D eigenvalue weighted by Gasteiger charge is -2.08. The Kier molecular flexibility index (Phi) is 6.55. The minimum atomic E-state index is -0.865. The summed E-state index contributed by atoms with van der Waals surface area (Å²) in [5, 5.41) is 14.0. The van der Waals surface area contributed by atoms with Crippen molar-refractivity contribution in [2.24, 2.45) is 0 Å². The molecule has 0 bridgehead atoms. The smallest absolute Gasteiger partial charge is 0.307 e. The molecule has 0 fully saturated rings. The molecule has 0 aliphatic rings. The van der Waals surface area contributed by atoms with Crippen LogP contribution in [0.4, 0.5) is 0 Å². The van der Waals surface area contributed by atoms with Crippen molar-refractivity contribution in [3.05, 3.63) is 85.6 Å². The van der Waals surface area contributed by atoms with Gasteiger partial charge in [-0.05, 0) is 43.2 Å². The number of benzene rings is 2. The van der Waals surface area contributed by atoms with Crippen LogP contribution in [0.15, 0.2) is 46.9 Å². The molecule has 0 spiro atoms. The van der Waals surface area contributed by atoms with E-state index in [1.165, 1.54) is 0 Å². The Morgan fingerprint density at radius 2 is 1.72 bits per heavy atom. The molecular formula is C22H20BrClN2O3. The zero-order chi connectivity index (χ0) is 21.1. The number of aliphatic carboxylic acids is 1. The Balaban J connectivity index is 1.71. The van der Waals surface area contributed by atoms with Gasteiger partial charge in [0.1, 0.15) is 0 Å². The average molecular weight is 476 g/mol. The standard InChI is InChI=1S/C22H20BrClN2O3/c1-13-19(11-22(28)29)14(2)26(25-13)12-16-5-3-15(4-6-16)9-21(27)18-8-7-17(23)10-20(18)24/h3-8,10H,9,11-12H2,1-2H3,(H,28,29). The number of carboxylic acids is 1. The van der Waals surface area contributed by atoms with E-state index >= 15 is 0 Å². The first-order valence-corrected chi connectivity index (χ1v) is 10.2. The summed E-state index contributed by atoms with van der Waals surface area (Å²) in [6, 6.07) is 13.0. The van der Waals surface area contributed by atoms with E-state index in [4.69, 9.17) is 16.7 Å². The van der Waals surface area contributed by atoms with Crippen LogP contribution in [0, 0.1) is 13.8 Å². The van der Waals surface area contributed by atoms with Gasteiger partial charge in [0.15, 0.2) is 5.78 Å². The van der Waals surface area contributed by atoms with Gasteiger partial charge in [-0.2, -0.15) is 5.10 Å².